The molecule has 1 aromatic heterocycles. The molecular formula is C17H23BrN2O. The maximum absolute atomic E-state index is 5.95. The largest absolute Gasteiger partial charge is 0.459 e. The molecule has 1 N–H and O–H groups in total. The number of halogens is 1. The highest BCUT2D eigenvalue weighted by molar-refractivity contribution is 9.10. The fraction of sp³-hybridized carbons (Fsp3) is 0.529. The average molecular weight is 351 g/mol. The molecule has 3 nitrogen and oxygen atoms in total. The number of hydrogen-bond acceptors (Lipinski definition) is 3. The van der Waals surface area contributed by atoms with Crippen molar-refractivity contribution in [2.75, 3.05) is 26.7 Å². The molecule has 21 heavy (non-hydrogen) atoms. The monoisotopic (exact) mass is 350 g/mol. The van der Waals surface area contributed by atoms with Crippen LogP contribution in [0.2, 0.25) is 0 Å². The molecule has 0 aliphatic carbocycles. The smallest absolute Gasteiger partial charge is 0.134 e. The van der Waals surface area contributed by atoms with E-state index in [2.05, 4.69) is 52.3 Å². The van der Waals surface area contributed by atoms with Crippen molar-refractivity contribution in [1.29, 1.82) is 0 Å². The minimum atomic E-state index is 0.260. The Labute approximate surface area is 134 Å². The zero-order valence-corrected chi connectivity index (χ0v) is 14.3. The van der Waals surface area contributed by atoms with Gasteiger partial charge in [0, 0.05) is 9.86 Å². The van der Waals surface area contributed by atoms with Gasteiger partial charge in [0.2, 0.25) is 0 Å². The lowest BCUT2D eigenvalue weighted by molar-refractivity contribution is 0.212. The molecule has 1 aliphatic rings. The van der Waals surface area contributed by atoms with Gasteiger partial charge in [-0.2, -0.15) is 0 Å². The molecule has 2 aromatic rings. The zero-order chi connectivity index (χ0) is 14.8. The molecule has 1 unspecified atom stereocenters. The predicted octanol–water partition coefficient (Wildman–Crippen LogP) is 4.19. The second-order valence-corrected chi connectivity index (χ2v) is 7.12. The number of furan rings is 1. The van der Waals surface area contributed by atoms with Crippen molar-refractivity contribution in [3.63, 3.8) is 0 Å². The molecule has 0 radical (unpaired) electrons. The molecule has 1 atom stereocenters. The Balaban J connectivity index is 1.60. The van der Waals surface area contributed by atoms with Gasteiger partial charge < -0.3 is 14.6 Å². The van der Waals surface area contributed by atoms with Crippen LogP contribution in [0.25, 0.3) is 11.0 Å². The Morgan fingerprint density at radius 2 is 2.10 bits per heavy atom. The first-order valence-electron chi connectivity index (χ1n) is 7.73. The number of likely N-dealkylation sites (tertiary alicyclic amines) is 1. The topological polar surface area (TPSA) is 28.4 Å². The third kappa shape index (κ3) is 3.68. The van der Waals surface area contributed by atoms with E-state index < -0.39 is 0 Å². The molecule has 1 fully saturated rings. The maximum Gasteiger partial charge on any atom is 0.134 e. The van der Waals surface area contributed by atoms with E-state index in [1.807, 2.05) is 12.1 Å². The van der Waals surface area contributed by atoms with Crippen molar-refractivity contribution in [3.05, 3.63) is 34.5 Å². The van der Waals surface area contributed by atoms with Crippen molar-refractivity contribution >= 4 is 26.9 Å². The van der Waals surface area contributed by atoms with Crippen molar-refractivity contribution < 1.29 is 4.42 Å². The van der Waals surface area contributed by atoms with Gasteiger partial charge in [0.1, 0.15) is 11.3 Å². The Hall–Kier alpha value is -0.840. The lowest BCUT2D eigenvalue weighted by Crippen LogP contribution is -2.35. The van der Waals surface area contributed by atoms with Crippen LogP contribution in [-0.2, 0) is 0 Å². The number of nitrogens with one attached hydrogen (secondary N) is 1. The van der Waals surface area contributed by atoms with Crippen molar-refractivity contribution in [2.24, 2.45) is 5.92 Å². The third-order valence-electron chi connectivity index (χ3n) is 4.48. The van der Waals surface area contributed by atoms with Crippen LogP contribution in [0.3, 0.4) is 0 Å². The lowest BCUT2D eigenvalue weighted by Gasteiger charge is -2.29. The summed E-state index contributed by atoms with van der Waals surface area (Å²) in [6.07, 6.45) is 2.59. The number of benzene rings is 1. The SMILES string of the molecule is CC(NCC1CCN(C)CC1)c1cc2cc(Br)ccc2o1. The first-order valence-corrected chi connectivity index (χ1v) is 8.52. The third-order valence-corrected chi connectivity index (χ3v) is 4.97. The Kier molecular flexibility index (Phi) is 4.67. The number of rotatable bonds is 4. The molecule has 2 heterocycles. The molecule has 0 spiro atoms. The number of hydrogen-bond donors (Lipinski definition) is 1. The van der Waals surface area contributed by atoms with Gasteiger partial charge in [-0.15, -0.1) is 0 Å². The van der Waals surface area contributed by atoms with E-state index in [0.717, 1.165) is 33.7 Å². The molecule has 0 saturated carbocycles. The minimum Gasteiger partial charge on any atom is -0.459 e. The van der Waals surface area contributed by atoms with E-state index in [4.69, 9.17) is 4.42 Å². The number of fused-ring (bicyclic) bond motifs is 1. The highest BCUT2D eigenvalue weighted by Gasteiger charge is 2.18. The van der Waals surface area contributed by atoms with Crippen LogP contribution in [0.1, 0.15) is 31.6 Å². The van der Waals surface area contributed by atoms with Gasteiger partial charge in [0.25, 0.3) is 0 Å². The van der Waals surface area contributed by atoms with E-state index in [1.165, 1.54) is 25.9 Å². The fourth-order valence-electron chi connectivity index (χ4n) is 2.96. The van der Waals surface area contributed by atoms with Crippen LogP contribution in [0.15, 0.2) is 33.2 Å². The molecule has 3 rings (SSSR count). The number of nitrogens with zero attached hydrogens (tertiary/aromatic N) is 1. The summed E-state index contributed by atoms with van der Waals surface area (Å²) >= 11 is 3.51. The molecular weight excluding hydrogens is 328 g/mol. The Bertz CT molecular complexity index is 602. The summed E-state index contributed by atoms with van der Waals surface area (Å²) in [6, 6.07) is 8.55. The number of piperidine rings is 1. The van der Waals surface area contributed by atoms with Gasteiger partial charge in [-0.3, -0.25) is 0 Å². The fourth-order valence-corrected chi connectivity index (χ4v) is 3.34. The van der Waals surface area contributed by atoms with E-state index in [1.54, 1.807) is 0 Å². The van der Waals surface area contributed by atoms with E-state index in [0.29, 0.717) is 0 Å². The summed E-state index contributed by atoms with van der Waals surface area (Å²) in [6.45, 7) is 5.70. The maximum atomic E-state index is 5.95. The Morgan fingerprint density at radius 3 is 2.86 bits per heavy atom. The lowest BCUT2D eigenvalue weighted by atomic mass is 9.97. The van der Waals surface area contributed by atoms with Crippen LogP contribution in [0, 0.1) is 5.92 Å². The predicted molar refractivity (Wildman–Crippen MR) is 90.6 cm³/mol. The standard InChI is InChI=1S/C17H23BrN2O/c1-12(19-11-13-5-7-20(2)8-6-13)17-10-14-9-15(18)3-4-16(14)21-17/h3-4,9-10,12-13,19H,5-8,11H2,1-2H3. The Morgan fingerprint density at radius 1 is 1.33 bits per heavy atom. The van der Waals surface area contributed by atoms with E-state index >= 15 is 0 Å². The molecule has 1 saturated heterocycles. The van der Waals surface area contributed by atoms with Crippen molar-refractivity contribution in [1.82, 2.24) is 10.2 Å². The van der Waals surface area contributed by atoms with Crippen LogP contribution < -0.4 is 5.32 Å². The normalized spacial score (nSPS) is 19.2. The summed E-state index contributed by atoms with van der Waals surface area (Å²) in [5.41, 5.74) is 0.959. The summed E-state index contributed by atoms with van der Waals surface area (Å²) < 4.78 is 7.04. The van der Waals surface area contributed by atoms with Crippen LogP contribution in [0.4, 0.5) is 0 Å². The molecule has 1 aromatic carbocycles. The van der Waals surface area contributed by atoms with Crippen LogP contribution in [0.5, 0.6) is 0 Å². The summed E-state index contributed by atoms with van der Waals surface area (Å²) in [4.78, 5) is 2.41. The van der Waals surface area contributed by atoms with Gasteiger partial charge in [-0.1, -0.05) is 15.9 Å². The van der Waals surface area contributed by atoms with Crippen LogP contribution >= 0.6 is 15.9 Å². The van der Waals surface area contributed by atoms with Crippen LogP contribution in [-0.4, -0.2) is 31.6 Å². The zero-order valence-electron chi connectivity index (χ0n) is 12.7. The van der Waals surface area contributed by atoms with Gasteiger partial charge >= 0.3 is 0 Å². The van der Waals surface area contributed by atoms with Crippen molar-refractivity contribution in [3.8, 4) is 0 Å². The molecule has 114 valence electrons. The molecule has 0 amide bonds. The first-order chi connectivity index (χ1) is 10.1. The second-order valence-electron chi connectivity index (χ2n) is 6.21. The highest BCUT2D eigenvalue weighted by Crippen LogP contribution is 2.27. The molecule has 1 aliphatic heterocycles. The molecule has 4 heteroatoms. The van der Waals surface area contributed by atoms with Gasteiger partial charge in [-0.25, -0.2) is 0 Å². The van der Waals surface area contributed by atoms with Gasteiger partial charge in [-0.05, 0) is 76.6 Å². The van der Waals surface area contributed by atoms with Crippen molar-refractivity contribution in [2.45, 2.75) is 25.8 Å². The second kappa shape index (κ2) is 6.51. The van der Waals surface area contributed by atoms with Gasteiger partial charge in [0.15, 0.2) is 0 Å². The first kappa shape index (κ1) is 15.1. The van der Waals surface area contributed by atoms with E-state index in [-0.39, 0.29) is 6.04 Å². The quantitative estimate of drug-likeness (QED) is 0.896. The van der Waals surface area contributed by atoms with E-state index in [9.17, 15) is 0 Å². The highest BCUT2D eigenvalue weighted by atomic mass is 79.9. The minimum absolute atomic E-state index is 0.260. The van der Waals surface area contributed by atoms with Gasteiger partial charge in [0.05, 0.1) is 6.04 Å². The average Bonchev–Trinajstić information content (AvgIpc) is 2.89. The summed E-state index contributed by atoms with van der Waals surface area (Å²) in [5.74, 6) is 1.82. The summed E-state index contributed by atoms with van der Waals surface area (Å²) in [5, 5.41) is 4.79. The summed E-state index contributed by atoms with van der Waals surface area (Å²) in [7, 11) is 2.21. The molecule has 0 bridgehead atoms.